The average Bonchev–Trinajstić information content (AvgIpc) is 3.39. The molecular weight excluding hydrogens is 700 g/mol. The Morgan fingerprint density at radius 1 is 0.949 bits per heavy atom. The molecule has 0 spiro atoms. The molecule has 2 aliphatic rings. The quantitative estimate of drug-likeness (QED) is 0.0698. The molecule has 3 heteroatoms. The first kappa shape index (κ1) is 27.3. The number of unbranched alkanes of at least 4 members (excludes halogenated alkanes) is 5. The zero-order chi connectivity index (χ0) is 27.1. The van der Waals surface area contributed by atoms with Crippen molar-refractivity contribution in [2.45, 2.75) is 74.6 Å². The summed E-state index contributed by atoms with van der Waals surface area (Å²) in [6, 6.07) is 20.9. The van der Waals surface area contributed by atoms with Crippen LogP contribution in [0.3, 0.4) is 0 Å². The number of aromatic nitrogens is 1. The minimum Gasteiger partial charge on any atom is -0.309 e. The van der Waals surface area contributed by atoms with E-state index in [1.54, 1.807) is 0 Å². The second-order valence-corrected chi connectivity index (χ2v) is 14.2. The van der Waals surface area contributed by atoms with Gasteiger partial charge in [0.2, 0.25) is 0 Å². The largest absolute Gasteiger partial charge is 0.309 e. The van der Waals surface area contributed by atoms with Crippen molar-refractivity contribution in [2.24, 2.45) is 0 Å². The van der Waals surface area contributed by atoms with Gasteiger partial charge in [0.15, 0.2) is 0 Å². The molecule has 6 rings (SSSR count). The topological polar surface area (TPSA) is 4.93 Å². The zero-order valence-electron chi connectivity index (χ0n) is 23.1. The molecule has 1 heterocycles. The molecule has 2 atom stereocenters. The lowest BCUT2D eigenvalue weighted by molar-refractivity contribution is 0.517. The van der Waals surface area contributed by atoms with Gasteiger partial charge in [-0.05, 0) is 107 Å². The van der Waals surface area contributed by atoms with Gasteiger partial charge in [-0.15, -0.1) is 6.58 Å². The summed E-state index contributed by atoms with van der Waals surface area (Å²) in [5.74, 6) is 0. The molecule has 0 saturated carbocycles. The van der Waals surface area contributed by atoms with E-state index in [0.29, 0.717) is 3.92 Å². The van der Waals surface area contributed by atoms with Crippen molar-refractivity contribution >= 4 is 72.6 Å². The predicted octanol–water partition coefficient (Wildman–Crippen LogP) is 11.4. The molecule has 0 saturated heterocycles. The van der Waals surface area contributed by atoms with Gasteiger partial charge in [-0.1, -0.05) is 104 Å². The number of halogens is 2. The summed E-state index contributed by atoms with van der Waals surface area (Å²) in [7, 11) is 0. The minimum atomic E-state index is -0.107. The Bertz CT molecular complexity index is 1620. The highest BCUT2D eigenvalue weighted by atomic mass is 127. The van der Waals surface area contributed by atoms with Gasteiger partial charge in [0, 0.05) is 29.4 Å². The van der Waals surface area contributed by atoms with Crippen molar-refractivity contribution in [3.63, 3.8) is 0 Å². The first-order valence-electron chi connectivity index (χ1n) is 14.5. The van der Waals surface area contributed by atoms with Gasteiger partial charge >= 0.3 is 0 Å². The van der Waals surface area contributed by atoms with Crippen molar-refractivity contribution in [2.75, 3.05) is 0 Å². The fraction of sp³-hybridized carbons (Fsp3) is 0.333. The molecule has 0 fully saturated rings. The van der Waals surface area contributed by atoms with Crippen molar-refractivity contribution < 1.29 is 0 Å². The molecule has 39 heavy (non-hydrogen) atoms. The molecule has 0 N–H and O–H groups in total. The fourth-order valence-corrected chi connectivity index (χ4v) is 7.95. The Hall–Kier alpha value is -1.86. The second-order valence-electron chi connectivity index (χ2n) is 11.4. The highest BCUT2D eigenvalue weighted by Crippen LogP contribution is 2.56. The van der Waals surface area contributed by atoms with Crippen LogP contribution >= 0.6 is 45.2 Å². The van der Waals surface area contributed by atoms with Gasteiger partial charge in [-0.25, -0.2) is 0 Å². The van der Waals surface area contributed by atoms with E-state index in [4.69, 9.17) is 0 Å². The van der Waals surface area contributed by atoms with Gasteiger partial charge < -0.3 is 4.57 Å². The summed E-state index contributed by atoms with van der Waals surface area (Å²) in [5.41, 5.74) is 10.8. The van der Waals surface area contributed by atoms with E-state index in [0.717, 1.165) is 12.8 Å². The van der Waals surface area contributed by atoms with Crippen LogP contribution in [0.25, 0.3) is 33.1 Å². The molecule has 1 nitrogen and oxygen atoms in total. The van der Waals surface area contributed by atoms with Gasteiger partial charge in [0.25, 0.3) is 0 Å². The van der Waals surface area contributed by atoms with E-state index in [1.165, 1.54) is 97.4 Å². The first-order chi connectivity index (χ1) is 19.0. The van der Waals surface area contributed by atoms with Crippen LogP contribution < -0.4 is 0 Å². The molecule has 2 aliphatic carbocycles. The SMILES string of the molecule is C=CC1(CCCCCCCC)C2=CC(I)CC=C2c2cc3c(cc21)c1cc(I)ccc1n3-c1ccc(C)cc1. The molecule has 0 radical (unpaired) electrons. The monoisotopic (exact) mass is 737 g/mol. The van der Waals surface area contributed by atoms with Crippen LogP contribution in [0.4, 0.5) is 0 Å². The van der Waals surface area contributed by atoms with Crippen LogP contribution in [0.2, 0.25) is 0 Å². The lowest BCUT2D eigenvalue weighted by Crippen LogP contribution is -2.24. The summed E-state index contributed by atoms with van der Waals surface area (Å²) < 4.78 is 4.28. The van der Waals surface area contributed by atoms with Gasteiger partial charge in [0.05, 0.1) is 11.0 Å². The van der Waals surface area contributed by atoms with E-state index in [-0.39, 0.29) is 5.41 Å². The Kier molecular flexibility index (Phi) is 7.84. The standard InChI is InChI=1S/C36H37I2N/c1-4-6-7-8-9-10-19-36(5-2)32-21-26(38)13-17-28(32)29-23-35-31(22-33(29)36)30-20-25(37)14-18-34(30)39(35)27-15-11-24(3)12-16-27/h5,11-12,14-18,20-23,26H,2,4,6-10,13,19H2,1,3H3. The maximum atomic E-state index is 4.50. The van der Waals surface area contributed by atoms with Crippen molar-refractivity contribution in [1.82, 2.24) is 4.57 Å². The Balaban J connectivity index is 1.56. The summed E-state index contributed by atoms with van der Waals surface area (Å²) in [6.07, 6.45) is 17.5. The zero-order valence-corrected chi connectivity index (χ0v) is 27.4. The van der Waals surface area contributed by atoms with Gasteiger partial charge in [-0.3, -0.25) is 0 Å². The van der Waals surface area contributed by atoms with E-state index >= 15 is 0 Å². The number of hydrogen-bond donors (Lipinski definition) is 0. The Morgan fingerprint density at radius 3 is 2.46 bits per heavy atom. The predicted molar refractivity (Wildman–Crippen MR) is 187 cm³/mol. The number of rotatable bonds is 9. The van der Waals surface area contributed by atoms with E-state index in [2.05, 4.69) is 143 Å². The molecule has 0 amide bonds. The van der Waals surface area contributed by atoms with E-state index < -0.39 is 0 Å². The third kappa shape index (κ3) is 4.75. The van der Waals surface area contributed by atoms with E-state index in [1.807, 2.05) is 0 Å². The van der Waals surface area contributed by atoms with Gasteiger partial charge in [-0.2, -0.15) is 0 Å². The van der Waals surface area contributed by atoms with Crippen molar-refractivity contribution in [3.05, 3.63) is 105 Å². The molecular formula is C36H37I2N. The van der Waals surface area contributed by atoms with Crippen LogP contribution in [0.1, 0.15) is 75.0 Å². The number of aryl methyl sites for hydroxylation is 1. The number of benzene rings is 3. The summed E-state index contributed by atoms with van der Waals surface area (Å²) in [5, 5.41) is 2.69. The Labute approximate surface area is 260 Å². The molecule has 0 aliphatic heterocycles. The van der Waals surface area contributed by atoms with Gasteiger partial charge in [0.1, 0.15) is 0 Å². The van der Waals surface area contributed by atoms with Crippen LogP contribution in [-0.4, -0.2) is 8.49 Å². The fourth-order valence-electron chi connectivity index (χ4n) is 6.85. The lowest BCUT2D eigenvalue weighted by atomic mass is 9.73. The third-order valence-corrected chi connectivity index (χ3v) is 10.4. The Morgan fingerprint density at radius 2 is 1.69 bits per heavy atom. The van der Waals surface area contributed by atoms with E-state index in [9.17, 15) is 0 Å². The minimum absolute atomic E-state index is 0.107. The molecule has 2 unspecified atom stereocenters. The van der Waals surface area contributed by atoms with Crippen molar-refractivity contribution in [1.29, 1.82) is 0 Å². The first-order valence-corrected chi connectivity index (χ1v) is 16.9. The summed E-state index contributed by atoms with van der Waals surface area (Å²) in [4.78, 5) is 0. The molecule has 3 aromatic carbocycles. The van der Waals surface area contributed by atoms with Crippen LogP contribution in [0.15, 0.2) is 85.0 Å². The smallest absolute Gasteiger partial charge is 0.0547 e. The normalized spacial score (nSPS) is 20.2. The van der Waals surface area contributed by atoms with Crippen LogP contribution in [0.5, 0.6) is 0 Å². The lowest BCUT2D eigenvalue weighted by Gasteiger charge is -2.31. The van der Waals surface area contributed by atoms with Crippen LogP contribution in [-0.2, 0) is 5.41 Å². The maximum absolute atomic E-state index is 4.50. The number of alkyl halides is 1. The molecule has 0 bridgehead atoms. The third-order valence-electron chi connectivity index (χ3n) is 8.87. The number of nitrogens with zero attached hydrogens (tertiary/aromatic N) is 1. The maximum Gasteiger partial charge on any atom is 0.0547 e. The molecule has 200 valence electrons. The van der Waals surface area contributed by atoms with Crippen molar-refractivity contribution in [3.8, 4) is 5.69 Å². The summed E-state index contributed by atoms with van der Waals surface area (Å²) in [6.45, 7) is 8.95. The highest BCUT2D eigenvalue weighted by molar-refractivity contribution is 14.1. The molecule has 1 aromatic heterocycles. The second kappa shape index (κ2) is 11.2. The summed E-state index contributed by atoms with van der Waals surface area (Å²) >= 11 is 5.07. The number of allylic oxidation sites excluding steroid dienone is 5. The average molecular weight is 738 g/mol. The highest BCUT2D eigenvalue weighted by Gasteiger charge is 2.44. The number of hydrogen-bond acceptors (Lipinski definition) is 0. The van der Waals surface area contributed by atoms with Crippen LogP contribution in [0, 0.1) is 10.5 Å². The number of fused-ring (bicyclic) bond motifs is 6. The molecule has 4 aromatic rings.